The summed E-state index contributed by atoms with van der Waals surface area (Å²) < 4.78 is 10.8. The normalized spacial score (nSPS) is 16.5. The highest BCUT2D eigenvalue weighted by atomic mass is 16.5. The van der Waals surface area contributed by atoms with Gasteiger partial charge in [-0.1, -0.05) is 44.1 Å². The number of para-hydroxylation sites is 1. The van der Waals surface area contributed by atoms with Gasteiger partial charge in [0.1, 0.15) is 12.4 Å². The maximum Gasteiger partial charge on any atom is 0.226 e. The summed E-state index contributed by atoms with van der Waals surface area (Å²) in [7, 11) is 0. The summed E-state index contributed by atoms with van der Waals surface area (Å²) in [6.07, 6.45) is 1.70. The molecule has 0 unspecified atom stereocenters. The Labute approximate surface area is 141 Å². The zero-order chi connectivity index (χ0) is 17.2. The molecule has 0 spiro atoms. The first-order chi connectivity index (χ1) is 11.4. The molecule has 1 aliphatic rings. The zero-order valence-electron chi connectivity index (χ0n) is 14.3. The summed E-state index contributed by atoms with van der Waals surface area (Å²) in [6, 6.07) is 7.72. The van der Waals surface area contributed by atoms with Gasteiger partial charge in [0.05, 0.1) is 6.04 Å². The van der Waals surface area contributed by atoms with Crippen LogP contribution in [0.2, 0.25) is 0 Å². The number of amides is 1. The van der Waals surface area contributed by atoms with Crippen molar-refractivity contribution in [3.63, 3.8) is 0 Å². The lowest BCUT2D eigenvalue weighted by Crippen LogP contribution is -2.29. The number of nitrogens with one attached hydrogen (secondary N) is 1. The minimum Gasteiger partial charge on any atom is -0.491 e. The number of fused-ring (bicyclic) bond motifs is 1. The molecule has 6 heteroatoms. The van der Waals surface area contributed by atoms with Gasteiger partial charge in [0.15, 0.2) is 5.82 Å². The standard InChI is InChI=1S/C18H23N3O3/c1-18(2,3)17-20-16(24-21-17)10-6-9-15(22)19-13-11-23-14-8-5-4-7-12(13)14/h4-5,7-8,13H,6,9-11H2,1-3H3,(H,19,22)/t13-/m0/s1. The van der Waals surface area contributed by atoms with Gasteiger partial charge >= 0.3 is 0 Å². The molecule has 0 bridgehead atoms. The third kappa shape index (κ3) is 3.75. The van der Waals surface area contributed by atoms with Gasteiger partial charge in [0.2, 0.25) is 11.8 Å². The molecule has 2 heterocycles. The molecule has 1 aliphatic heterocycles. The maximum absolute atomic E-state index is 12.1. The number of ether oxygens (including phenoxy) is 1. The Kier molecular flexibility index (Phi) is 4.55. The van der Waals surface area contributed by atoms with Crippen molar-refractivity contribution in [2.75, 3.05) is 6.61 Å². The van der Waals surface area contributed by atoms with E-state index in [9.17, 15) is 4.79 Å². The van der Waals surface area contributed by atoms with Crippen LogP contribution < -0.4 is 10.1 Å². The van der Waals surface area contributed by atoms with Gasteiger partial charge < -0.3 is 14.6 Å². The Hall–Kier alpha value is -2.37. The highest BCUT2D eigenvalue weighted by Gasteiger charge is 2.25. The fraction of sp³-hybridized carbons (Fsp3) is 0.500. The third-order valence-electron chi connectivity index (χ3n) is 3.97. The number of aryl methyl sites for hydroxylation is 1. The summed E-state index contributed by atoms with van der Waals surface area (Å²) in [6.45, 7) is 6.60. The molecule has 0 radical (unpaired) electrons. The third-order valence-corrected chi connectivity index (χ3v) is 3.97. The lowest BCUT2D eigenvalue weighted by atomic mass is 9.96. The number of hydrogen-bond donors (Lipinski definition) is 1. The van der Waals surface area contributed by atoms with Crippen molar-refractivity contribution in [2.45, 2.75) is 51.5 Å². The second-order valence-corrected chi connectivity index (χ2v) is 7.08. The molecule has 3 rings (SSSR count). The second kappa shape index (κ2) is 6.63. The van der Waals surface area contributed by atoms with Crippen LogP contribution in [-0.2, 0) is 16.6 Å². The Bertz CT molecular complexity index is 718. The van der Waals surface area contributed by atoms with Crippen molar-refractivity contribution in [3.8, 4) is 5.75 Å². The molecular formula is C18H23N3O3. The van der Waals surface area contributed by atoms with Gasteiger partial charge in [-0.15, -0.1) is 0 Å². The molecule has 0 aliphatic carbocycles. The van der Waals surface area contributed by atoms with Crippen LogP contribution in [0.15, 0.2) is 28.8 Å². The molecule has 2 aromatic rings. The zero-order valence-corrected chi connectivity index (χ0v) is 14.3. The van der Waals surface area contributed by atoms with E-state index in [1.807, 2.05) is 45.0 Å². The molecule has 1 amide bonds. The van der Waals surface area contributed by atoms with Crippen molar-refractivity contribution in [3.05, 3.63) is 41.5 Å². The minimum atomic E-state index is -0.130. The summed E-state index contributed by atoms with van der Waals surface area (Å²) in [5.41, 5.74) is 0.909. The molecule has 1 atom stereocenters. The molecule has 1 N–H and O–H groups in total. The van der Waals surface area contributed by atoms with Crippen molar-refractivity contribution < 1.29 is 14.1 Å². The van der Waals surface area contributed by atoms with Gasteiger partial charge in [-0.05, 0) is 12.5 Å². The van der Waals surface area contributed by atoms with E-state index in [0.29, 0.717) is 37.6 Å². The van der Waals surface area contributed by atoms with E-state index in [0.717, 1.165) is 11.3 Å². The second-order valence-electron chi connectivity index (χ2n) is 7.08. The Morgan fingerprint density at radius 1 is 1.33 bits per heavy atom. The molecule has 1 aromatic carbocycles. The number of rotatable bonds is 5. The minimum absolute atomic E-state index is 0.0101. The van der Waals surface area contributed by atoms with Crippen molar-refractivity contribution in [2.24, 2.45) is 0 Å². The predicted octanol–water partition coefficient (Wildman–Crippen LogP) is 2.94. The largest absolute Gasteiger partial charge is 0.491 e. The molecular weight excluding hydrogens is 306 g/mol. The van der Waals surface area contributed by atoms with Gasteiger partial charge in [0.25, 0.3) is 0 Å². The molecule has 24 heavy (non-hydrogen) atoms. The van der Waals surface area contributed by atoms with Crippen LogP contribution in [0, 0.1) is 0 Å². The Balaban J connectivity index is 1.46. The van der Waals surface area contributed by atoms with E-state index in [1.165, 1.54) is 0 Å². The SMILES string of the molecule is CC(C)(C)c1noc(CCCC(=O)N[C@H]2COc3ccccc32)n1. The van der Waals surface area contributed by atoms with Crippen molar-refractivity contribution in [1.82, 2.24) is 15.5 Å². The van der Waals surface area contributed by atoms with E-state index >= 15 is 0 Å². The first-order valence-electron chi connectivity index (χ1n) is 8.27. The van der Waals surface area contributed by atoms with E-state index in [2.05, 4.69) is 15.5 Å². The number of carbonyl (C=O) groups excluding carboxylic acids is 1. The quantitative estimate of drug-likeness (QED) is 0.912. The van der Waals surface area contributed by atoms with Crippen LogP contribution >= 0.6 is 0 Å². The van der Waals surface area contributed by atoms with Crippen molar-refractivity contribution in [1.29, 1.82) is 0 Å². The number of benzene rings is 1. The Morgan fingerprint density at radius 3 is 2.88 bits per heavy atom. The monoisotopic (exact) mass is 329 g/mol. The lowest BCUT2D eigenvalue weighted by Gasteiger charge is -2.11. The van der Waals surface area contributed by atoms with Crippen LogP contribution in [0.3, 0.4) is 0 Å². The topological polar surface area (TPSA) is 77.2 Å². The Morgan fingerprint density at radius 2 is 2.12 bits per heavy atom. The highest BCUT2D eigenvalue weighted by Crippen LogP contribution is 2.31. The van der Waals surface area contributed by atoms with E-state index in [1.54, 1.807) is 0 Å². The van der Waals surface area contributed by atoms with E-state index in [-0.39, 0.29) is 17.4 Å². The predicted molar refractivity (Wildman–Crippen MR) is 88.8 cm³/mol. The van der Waals surface area contributed by atoms with Gasteiger partial charge in [-0.2, -0.15) is 4.98 Å². The van der Waals surface area contributed by atoms with Gasteiger partial charge in [-0.3, -0.25) is 4.79 Å². The van der Waals surface area contributed by atoms with Crippen LogP contribution in [0.25, 0.3) is 0 Å². The molecule has 0 saturated heterocycles. The summed E-state index contributed by atoms with van der Waals surface area (Å²) >= 11 is 0. The van der Waals surface area contributed by atoms with Crippen LogP contribution in [-0.4, -0.2) is 22.7 Å². The maximum atomic E-state index is 12.1. The first kappa shape index (κ1) is 16.5. The first-order valence-corrected chi connectivity index (χ1v) is 8.27. The number of aromatic nitrogens is 2. The fourth-order valence-electron chi connectivity index (χ4n) is 2.61. The van der Waals surface area contributed by atoms with Crippen LogP contribution in [0.5, 0.6) is 5.75 Å². The van der Waals surface area contributed by atoms with E-state index in [4.69, 9.17) is 9.26 Å². The van der Waals surface area contributed by atoms with Crippen LogP contribution in [0.1, 0.15) is 56.9 Å². The lowest BCUT2D eigenvalue weighted by molar-refractivity contribution is -0.122. The summed E-state index contributed by atoms with van der Waals surface area (Å²) in [5, 5.41) is 7.01. The molecule has 6 nitrogen and oxygen atoms in total. The summed E-state index contributed by atoms with van der Waals surface area (Å²) in [4.78, 5) is 16.5. The molecule has 0 fully saturated rings. The number of hydrogen-bond acceptors (Lipinski definition) is 5. The van der Waals surface area contributed by atoms with Gasteiger partial charge in [-0.25, -0.2) is 0 Å². The number of nitrogens with zero attached hydrogens (tertiary/aromatic N) is 2. The van der Waals surface area contributed by atoms with E-state index < -0.39 is 0 Å². The molecule has 0 saturated carbocycles. The van der Waals surface area contributed by atoms with Crippen LogP contribution in [0.4, 0.5) is 0 Å². The average molecular weight is 329 g/mol. The van der Waals surface area contributed by atoms with Gasteiger partial charge in [0, 0.05) is 23.8 Å². The molecule has 128 valence electrons. The summed E-state index contributed by atoms with van der Waals surface area (Å²) in [5.74, 6) is 2.14. The highest BCUT2D eigenvalue weighted by molar-refractivity contribution is 5.76. The number of carbonyl (C=O) groups is 1. The molecule has 1 aromatic heterocycles. The fourth-order valence-corrected chi connectivity index (χ4v) is 2.61. The smallest absolute Gasteiger partial charge is 0.226 e. The van der Waals surface area contributed by atoms with Crippen molar-refractivity contribution >= 4 is 5.91 Å². The average Bonchev–Trinajstić information content (AvgIpc) is 3.15.